The molecule has 0 aliphatic heterocycles. The summed E-state index contributed by atoms with van der Waals surface area (Å²) < 4.78 is 67.3. The zero-order chi connectivity index (χ0) is 26.4. The van der Waals surface area contributed by atoms with Gasteiger partial charge in [-0.2, -0.15) is 8.42 Å². The molecular weight excluding hydrogens is 509 g/mol. The number of fused-ring (bicyclic) bond motifs is 1. The number of nitrogens with two attached hydrogens (primary N) is 1. The summed E-state index contributed by atoms with van der Waals surface area (Å²) >= 11 is 0. The minimum Gasteiger partial charge on any atom is -0.368 e. The lowest BCUT2D eigenvalue weighted by molar-refractivity contribution is 0.490. The normalized spacial score (nSPS) is 14.2. The second-order valence-corrected chi connectivity index (χ2v) is 12.7. The van der Waals surface area contributed by atoms with Crippen LogP contribution in [0.4, 0.5) is 10.3 Å². The van der Waals surface area contributed by atoms with Crippen LogP contribution in [0.1, 0.15) is 38.4 Å². The van der Waals surface area contributed by atoms with Gasteiger partial charge in [0.05, 0.1) is 33.9 Å². The van der Waals surface area contributed by atoms with Gasteiger partial charge in [-0.15, -0.1) is 0 Å². The first-order chi connectivity index (χ1) is 16.8. The molecule has 0 unspecified atom stereocenters. The third kappa shape index (κ3) is 5.27. The van der Waals surface area contributed by atoms with Crippen molar-refractivity contribution in [2.24, 2.45) is 0 Å². The van der Waals surface area contributed by atoms with Gasteiger partial charge in [-0.1, -0.05) is 18.2 Å². The highest BCUT2D eigenvalue weighted by Gasteiger charge is 2.30. The average molecular weight is 536 g/mol. The highest BCUT2D eigenvalue weighted by molar-refractivity contribution is 7.90. The van der Waals surface area contributed by atoms with Crippen molar-refractivity contribution in [3.05, 3.63) is 54.1 Å². The number of imidazole rings is 2. The van der Waals surface area contributed by atoms with E-state index in [1.165, 1.54) is 6.07 Å². The van der Waals surface area contributed by atoms with Crippen molar-refractivity contribution >= 4 is 37.1 Å². The maximum Gasteiger partial charge on any atom is 0.261 e. The molecule has 0 amide bonds. The van der Waals surface area contributed by atoms with Crippen LogP contribution in [0.25, 0.3) is 33.5 Å². The molecule has 5 rings (SSSR count). The number of nitrogen functional groups attached to an aromatic ring is 1. The van der Waals surface area contributed by atoms with Crippen molar-refractivity contribution in [2.75, 3.05) is 12.0 Å². The lowest BCUT2D eigenvalue weighted by atomic mass is 10.0. The third-order valence-electron chi connectivity index (χ3n) is 5.59. The molecule has 13 heteroatoms. The Morgan fingerprint density at radius 2 is 1.75 bits per heavy atom. The second kappa shape index (κ2) is 9.30. The van der Waals surface area contributed by atoms with Gasteiger partial charge in [0.1, 0.15) is 11.6 Å². The fraction of sp³-hybridized carbons (Fsp3) is 0.304. The third-order valence-corrected chi connectivity index (χ3v) is 7.67. The van der Waals surface area contributed by atoms with Crippen molar-refractivity contribution in [2.45, 2.75) is 37.9 Å². The molecule has 192 valence electrons. The molecule has 36 heavy (non-hydrogen) atoms. The van der Waals surface area contributed by atoms with Gasteiger partial charge in [0.2, 0.25) is 16.0 Å². The van der Waals surface area contributed by atoms with Gasteiger partial charge in [0.15, 0.2) is 0 Å². The molecule has 0 atom stereocenters. The molecule has 1 saturated carbocycles. The molecule has 1 aliphatic rings. The Kier molecular flexibility index (Phi) is 6.66. The minimum atomic E-state index is -3.72. The van der Waals surface area contributed by atoms with Gasteiger partial charge in [-0.25, -0.2) is 26.7 Å². The van der Waals surface area contributed by atoms with Crippen molar-refractivity contribution in [3.8, 4) is 22.5 Å². The summed E-state index contributed by atoms with van der Waals surface area (Å²) in [6, 6.07) is 11.7. The fourth-order valence-electron chi connectivity index (χ4n) is 3.71. The first-order valence-electron chi connectivity index (χ1n) is 11.1. The molecule has 0 saturated heterocycles. The predicted octanol–water partition coefficient (Wildman–Crippen LogP) is 3.78. The van der Waals surface area contributed by atoms with Crippen LogP contribution in [-0.4, -0.2) is 51.8 Å². The molecule has 0 bridgehead atoms. The smallest absolute Gasteiger partial charge is 0.261 e. The van der Waals surface area contributed by atoms with Crippen molar-refractivity contribution in [1.29, 1.82) is 0 Å². The van der Waals surface area contributed by atoms with E-state index in [0.29, 0.717) is 45.7 Å². The molecular formula is C23H26FN5O5S2. The monoisotopic (exact) mass is 535 g/mol. The first-order valence-corrected chi connectivity index (χ1v) is 14.4. The summed E-state index contributed by atoms with van der Waals surface area (Å²) in [5.74, 6) is 0.713. The molecule has 2 aromatic heterocycles. The van der Waals surface area contributed by atoms with Crippen LogP contribution in [0.2, 0.25) is 0 Å². The van der Waals surface area contributed by atoms with Gasteiger partial charge in [-0.05, 0) is 51.0 Å². The molecule has 2 aromatic carbocycles. The number of rotatable bonds is 5. The van der Waals surface area contributed by atoms with Crippen LogP contribution >= 0.6 is 0 Å². The number of benzene rings is 2. The molecule has 0 spiro atoms. The zero-order valence-corrected chi connectivity index (χ0v) is 21.4. The van der Waals surface area contributed by atoms with Gasteiger partial charge < -0.3 is 10.7 Å². The van der Waals surface area contributed by atoms with E-state index in [1.54, 1.807) is 50.2 Å². The number of hydrogen-bond donors (Lipinski definition) is 3. The number of aromatic amines is 1. The fourth-order valence-corrected chi connectivity index (χ4v) is 4.85. The summed E-state index contributed by atoms with van der Waals surface area (Å²) in [7, 11) is -7.38. The van der Waals surface area contributed by atoms with Gasteiger partial charge in [0.25, 0.3) is 10.1 Å². The van der Waals surface area contributed by atoms with Crippen LogP contribution in [-0.2, 0) is 20.1 Å². The lowest BCUT2D eigenvalue weighted by Gasteiger charge is -2.11. The molecule has 0 radical (unpaired) electrons. The Hall–Kier alpha value is -3.29. The number of halogens is 1. The predicted molar refractivity (Wildman–Crippen MR) is 136 cm³/mol. The first kappa shape index (κ1) is 25.8. The minimum absolute atomic E-state index is 0.0872. The number of aromatic nitrogens is 4. The lowest BCUT2D eigenvalue weighted by Crippen LogP contribution is -2.23. The van der Waals surface area contributed by atoms with Crippen LogP contribution in [0.3, 0.4) is 0 Å². The average Bonchev–Trinajstić information content (AvgIpc) is 3.43. The van der Waals surface area contributed by atoms with Gasteiger partial charge >= 0.3 is 0 Å². The summed E-state index contributed by atoms with van der Waals surface area (Å²) in [5, 5.41) is -0.670. The molecule has 4 N–H and O–H groups in total. The largest absolute Gasteiger partial charge is 0.368 e. The van der Waals surface area contributed by atoms with E-state index in [-0.39, 0.29) is 11.8 Å². The highest BCUT2D eigenvalue weighted by atomic mass is 32.2. The molecule has 2 heterocycles. The molecule has 4 aromatic rings. The number of H-pyrrole nitrogens is 1. The van der Waals surface area contributed by atoms with Gasteiger partial charge in [-0.3, -0.25) is 4.55 Å². The summed E-state index contributed by atoms with van der Waals surface area (Å²) in [4.78, 5) is 12.3. The number of nitrogens with one attached hydrogen (secondary N) is 1. The van der Waals surface area contributed by atoms with E-state index < -0.39 is 25.4 Å². The van der Waals surface area contributed by atoms with E-state index in [4.69, 9.17) is 15.3 Å². The number of hydrogen-bond acceptors (Lipinski definition) is 7. The van der Waals surface area contributed by atoms with E-state index in [0.717, 1.165) is 22.6 Å². The molecule has 1 aliphatic carbocycles. The SMILES string of the molecule is CC(C)S(=O)(=O)n1c(N)nc2ccc(-c3nc(C4CC4)[nH]c3-c3ccccc3F)cc21.CS(=O)(=O)O. The Morgan fingerprint density at radius 3 is 2.33 bits per heavy atom. The summed E-state index contributed by atoms with van der Waals surface area (Å²) in [6.45, 7) is 3.19. The van der Waals surface area contributed by atoms with E-state index in [9.17, 15) is 21.2 Å². The van der Waals surface area contributed by atoms with Crippen LogP contribution < -0.4 is 5.73 Å². The van der Waals surface area contributed by atoms with E-state index in [1.807, 2.05) is 0 Å². The van der Waals surface area contributed by atoms with E-state index >= 15 is 0 Å². The van der Waals surface area contributed by atoms with Crippen LogP contribution in [0.5, 0.6) is 0 Å². The van der Waals surface area contributed by atoms with Crippen molar-refractivity contribution < 1.29 is 25.8 Å². The van der Waals surface area contributed by atoms with E-state index in [2.05, 4.69) is 9.97 Å². The topological polar surface area (TPSA) is 161 Å². The Morgan fingerprint density at radius 1 is 1.11 bits per heavy atom. The van der Waals surface area contributed by atoms with Crippen molar-refractivity contribution in [3.63, 3.8) is 0 Å². The molecule has 1 fully saturated rings. The van der Waals surface area contributed by atoms with Gasteiger partial charge in [0, 0.05) is 17.0 Å². The molecule has 10 nitrogen and oxygen atoms in total. The Bertz CT molecular complexity index is 1650. The maximum atomic E-state index is 14.6. The summed E-state index contributed by atoms with van der Waals surface area (Å²) in [5.41, 5.74) is 9.03. The quantitative estimate of drug-likeness (QED) is 0.325. The Labute approximate surface area is 208 Å². The summed E-state index contributed by atoms with van der Waals surface area (Å²) in [6.07, 6.45) is 2.80. The highest BCUT2D eigenvalue weighted by Crippen LogP contribution is 2.42. The second-order valence-electron chi connectivity index (χ2n) is 8.86. The van der Waals surface area contributed by atoms with Crippen molar-refractivity contribution in [1.82, 2.24) is 18.9 Å². The number of nitrogens with zero attached hydrogens (tertiary/aromatic N) is 3. The van der Waals surface area contributed by atoms with Crippen LogP contribution in [0, 0.1) is 5.82 Å². The standard InChI is InChI=1S/C22H22FN5O2S.CH4O3S/c1-12(2)31(29,30)28-18-11-14(9-10-17(18)25-22(28)24)19-20(15-5-3-4-6-16(15)23)27-21(26-19)13-7-8-13;1-5(2,3)4/h3-6,9-13H,7-8H2,1-2H3,(H2,24,25)(H,26,27);1H3,(H,2,3,4). The maximum absolute atomic E-state index is 14.6. The van der Waals surface area contributed by atoms with Crippen LogP contribution in [0.15, 0.2) is 42.5 Å². The zero-order valence-electron chi connectivity index (χ0n) is 19.8. The number of anilines is 1. The Balaban J connectivity index is 0.000000556.